The highest BCUT2D eigenvalue weighted by Gasteiger charge is 2.44. The number of ether oxygens (including phenoxy) is 1. The molecule has 10 heteroatoms. The number of rotatable bonds is 8. The quantitative estimate of drug-likeness (QED) is 0.250. The number of hydrogen-bond acceptors (Lipinski definition) is 6. The number of non-ortho nitro benzene ring substituents is 1. The minimum absolute atomic E-state index is 0.0241. The molecule has 9 nitrogen and oxygen atoms in total. The predicted octanol–water partition coefficient (Wildman–Crippen LogP) is 4.62. The van der Waals surface area contributed by atoms with Gasteiger partial charge in [-0.2, -0.15) is 0 Å². The molecular weight excluding hydrogens is 486 g/mol. The van der Waals surface area contributed by atoms with Gasteiger partial charge < -0.3 is 9.64 Å². The molecule has 0 bridgehead atoms. The van der Waals surface area contributed by atoms with Crippen molar-refractivity contribution in [2.24, 2.45) is 0 Å². The fraction of sp³-hybridized carbons (Fsp3) is 0.192. The SMILES string of the molecule is CCOc1ccc(N2C(=O)CC(N(Cc3ccccc3Cl)C(=O)c3cccc([N+](=O)[O-])c3)C2=O)cc1. The van der Waals surface area contributed by atoms with Gasteiger partial charge in [-0.25, -0.2) is 4.90 Å². The third-order valence-corrected chi connectivity index (χ3v) is 6.14. The molecule has 3 aromatic rings. The van der Waals surface area contributed by atoms with Crippen LogP contribution in [-0.2, 0) is 16.1 Å². The molecule has 0 spiro atoms. The van der Waals surface area contributed by atoms with Gasteiger partial charge in [-0.05, 0) is 48.9 Å². The molecule has 0 aromatic heterocycles. The highest BCUT2D eigenvalue weighted by Crippen LogP contribution is 2.30. The Kier molecular flexibility index (Phi) is 7.30. The summed E-state index contributed by atoms with van der Waals surface area (Å²) in [6.07, 6.45) is -0.239. The van der Waals surface area contributed by atoms with Gasteiger partial charge in [-0.15, -0.1) is 0 Å². The number of imide groups is 1. The molecule has 0 N–H and O–H groups in total. The number of nitrogens with zero attached hydrogens (tertiary/aromatic N) is 3. The van der Waals surface area contributed by atoms with E-state index in [1.165, 1.54) is 23.1 Å². The minimum Gasteiger partial charge on any atom is -0.494 e. The zero-order valence-electron chi connectivity index (χ0n) is 19.3. The van der Waals surface area contributed by atoms with E-state index in [9.17, 15) is 24.5 Å². The molecule has 1 fully saturated rings. The number of anilines is 1. The van der Waals surface area contributed by atoms with Gasteiger partial charge in [-0.3, -0.25) is 24.5 Å². The van der Waals surface area contributed by atoms with Gasteiger partial charge in [0, 0.05) is 29.3 Å². The van der Waals surface area contributed by atoms with Crippen LogP contribution < -0.4 is 9.64 Å². The van der Waals surface area contributed by atoms with Crippen molar-refractivity contribution in [3.8, 4) is 5.75 Å². The molecule has 0 radical (unpaired) electrons. The maximum absolute atomic E-state index is 13.6. The summed E-state index contributed by atoms with van der Waals surface area (Å²) in [6, 6.07) is 17.5. The van der Waals surface area contributed by atoms with Gasteiger partial charge in [0.25, 0.3) is 17.5 Å². The monoisotopic (exact) mass is 507 g/mol. The molecule has 1 heterocycles. The van der Waals surface area contributed by atoms with Crippen LogP contribution in [0.4, 0.5) is 11.4 Å². The Hall–Kier alpha value is -4.24. The minimum atomic E-state index is -1.12. The second kappa shape index (κ2) is 10.6. The Labute approximate surface area is 212 Å². The van der Waals surface area contributed by atoms with Crippen LogP contribution in [0.2, 0.25) is 5.02 Å². The smallest absolute Gasteiger partial charge is 0.270 e. The second-order valence-electron chi connectivity index (χ2n) is 8.05. The molecule has 1 aliphatic rings. The average Bonchev–Trinajstić information content (AvgIpc) is 3.17. The highest BCUT2D eigenvalue weighted by molar-refractivity contribution is 6.31. The van der Waals surface area contributed by atoms with Crippen molar-refractivity contribution in [1.29, 1.82) is 0 Å². The van der Waals surface area contributed by atoms with Crippen LogP contribution in [0.15, 0.2) is 72.8 Å². The zero-order chi connectivity index (χ0) is 25.8. The number of benzene rings is 3. The van der Waals surface area contributed by atoms with Crippen molar-refractivity contribution in [3.63, 3.8) is 0 Å². The van der Waals surface area contributed by atoms with Crippen LogP contribution >= 0.6 is 11.6 Å². The van der Waals surface area contributed by atoms with E-state index >= 15 is 0 Å². The molecule has 184 valence electrons. The summed E-state index contributed by atoms with van der Waals surface area (Å²) in [6.45, 7) is 2.25. The van der Waals surface area contributed by atoms with Gasteiger partial charge in [0.05, 0.1) is 23.6 Å². The van der Waals surface area contributed by atoms with Gasteiger partial charge in [0.2, 0.25) is 5.91 Å². The standard InChI is InChI=1S/C26H22ClN3O6/c1-2-36-21-12-10-19(11-13-21)29-24(31)15-23(26(29)33)28(16-18-6-3-4-9-22(18)27)25(32)17-7-5-8-20(14-17)30(34)35/h3-14,23H,2,15-16H2,1H3. The van der Waals surface area contributed by atoms with Crippen molar-refractivity contribution in [2.75, 3.05) is 11.5 Å². The number of carbonyl (C=O) groups is 3. The van der Waals surface area contributed by atoms with Crippen molar-refractivity contribution in [2.45, 2.75) is 25.9 Å². The third-order valence-electron chi connectivity index (χ3n) is 5.77. The van der Waals surface area contributed by atoms with Crippen LogP contribution in [0.25, 0.3) is 0 Å². The van der Waals surface area contributed by atoms with Gasteiger partial charge in [0.15, 0.2) is 0 Å². The molecule has 0 aliphatic carbocycles. The number of nitro groups is 1. The summed E-state index contributed by atoms with van der Waals surface area (Å²) in [4.78, 5) is 53.0. The third kappa shape index (κ3) is 5.06. The van der Waals surface area contributed by atoms with E-state index < -0.39 is 28.7 Å². The lowest BCUT2D eigenvalue weighted by Gasteiger charge is -2.28. The molecule has 1 aliphatic heterocycles. The number of nitro benzene ring substituents is 1. The van der Waals surface area contributed by atoms with Crippen LogP contribution in [0, 0.1) is 10.1 Å². The Balaban J connectivity index is 1.69. The van der Waals surface area contributed by atoms with Gasteiger partial charge >= 0.3 is 0 Å². The van der Waals surface area contributed by atoms with Crippen molar-refractivity contribution >= 4 is 40.7 Å². The predicted molar refractivity (Wildman–Crippen MR) is 133 cm³/mol. The van der Waals surface area contributed by atoms with E-state index in [2.05, 4.69) is 0 Å². The number of amides is 3. The van der Waals surface area contributed by atoms with Crippen LogP contribution in [0.3, 0.4) is 0 Å². The van der Waals surface area contributed by atoms with E-state index in [1.54, 1.807) is 48.5 Å². The first kappa shape index (κ1) is 24.9. The first-order valence-electron chi connectivity index (χ1n) is 11.2. The zero-order valence-corrected chi connectivity index (χ0v) is 20.1. The molecule has 1 atom stereocenters. The maximum Gasteiger partial charge on any atom is 0.270 e. The normalized spacial score (nSPS) is 15.2. The first-order chi connectivity index (χ1) is 17.3. The molecule has 4 rings (SSSR count). The summed E-state index contributed by atoms with van der Waals surface area (Å²) in [5, 5.41) is 11.6. The lowest BCUT2D eigenvalue weighted by Crippen LogP contribution is -2.45. The Morgan fingerprint density at radius 1 is 1.11 bits per heavy atom. The van der Waals surface area contributed by atoms with Crippen LogP contribution in [0.1, 0.15) is 29.3 Å². The van der Waals surface area contributed by atoms with Gasteiger partial charge in [-0.1, -0.05) is 35.9 Å². The molecule has 1 unspecified atom stereocenters. The largest absolute Gasteiger partial charge is 0.494 e. The Morgan fingerprint density at radius 2 is 1.83 bits per heavy atom. The van der Waals surface area contributed by atoms with E-state index in [4.69, 9.17) is 16.3 Å². The Bertz CT molecular complexity index is 1330. The van der Waals surface area contributed by atoms with Crippen LogP contribution in [0.5, 0.6) is 5.75 Å². The summed E-state index contributed by atoms with van der Waals surface area (Å²) in [5.41, 5.74) is 0.688. The summed E-state index contributed by atoms with van der Waals surface area (Å²) < 4.78 is 5.42. The number of carbonyl (C=O) groups excluding carboxylic acids is 3. The molecule has 3 aromatic carbocycles. The van der Waals surface area contributed by atoms with Crippen molar-refractivity contribution in [3.05, 3.63) is 99.1 Å². The van der Waals surface area contributed by atoms with E-state index in [-0.39, 0.29) is 24.2 Å². The highest BCUT2D eigenvalue weighted by atomic mass is 35.5. The van der Waals surface area contributed by atoms with Crippen molar-refractivity contribution in [1.82, 2.24) is 4.90 Å². The van der Waals surface area contributed by atoms with Crippen LogP contribution in [-0.4, -0.2) is 40.2 Å². The number of halogens is 1. The molecule has 1 saturated heterocycles. The maximum atomic E-state index is 13.6. The fourth-order valence-corrected chi connectivity index (χ4v) is 4.24. The lowest BCUT2D eigenvalue weighted by atomic mass is 10.1. The topological polar surface area (TPSA) is 110 Å². The summed E-state index contributed by atoms with van der Waals surface area (Å²) in [7, 11) is 0. The van der Waals surface area contributed by atoms with E-state index in [0.717, 1.165) is 11.0 Å². The molecule has 3 amide bonds. The Morgan fingerprint density at radius 3 is 2.50 bits per heavy atom. The van der Waals surface area contributed by atoms with Crippen molar-refractivity contribution < 1.29 is 24.0 Å². The van der Waals surface area contributed by atoms with E-state index in [0.29, 0.717) is 28.6 Å². The first-order valence-corrected chi connectivity index (χ1v) is 11.6. The second-order valence-corrected chi connectivity index (χ2v) is 8.45. The molecular formula is C26H22ClN3O6. The lowest BCUT2D eigenvalue weighted by molar-refractivity contribution is -0.384. The average molecular weight is 508 g/mol. The van der Waals surface area contributed by atoms with Gasteiger partial charge in [0.1, 0.15) is 11.8 Å². The molecule has 0 saturated carbocycles. The fourth-order valence-electron chi connectivity index (χ4n) is 4.04. The number of hydrogen-bond donors (Lipinski definition) is 0. The molecule has 36 heavy (non-hydrogen) atoms. The van der Waals surface area contributed by atoms with E-state index in [1.807, 2.05) is 6.92 Å². The summed E-state index contributed by atoms with van der Waals surface area (Å²) in [5.74, 6) is -1.07. The summed E-state index contributed by atoms with van der Waals surface area (Å²) >= 11 is 6.32.